The van der Waals surface area contributed by atoms with Crippen molar-refractivity contribution in [1.82, 2.24) is 14.5 Å². The van der Waals surface area contributed by atoms with Crippen LogP contribution in [0.15, 0.2) is 33.8 Å². The second-order valence-electron chi connectivity index (χ2n) is 7.82. The Balaban J connectivity index is 1.80. The van der Waals surface area contributed by atoms with Crippen molar-refractivity contribution < 1.29 is 9.53 Å². The first kappa shape index (κ1) is 18.9. The van der Waals surface area contributed by atoms with E-state index >= 15 is 0 Å². The first-order valence-electron chi connectivity index (χ1n) is 8.82. The average Bonchev–Trinajstić information content (AvgIpc) is 2.53. The van der Waals surface area contributed by atoms with Gasteiger partial charge >= 0.3 is 6.09 Å². The van der Waals surface area contributed by atoms with Gasteiger partial charge in [-0.25, -0.2) is 9.78 Å². The summed E-state index contributed by atoms with van der Waals surface area (Å²) in [7, 11) is 0. The highest BCUT2D eigenvalue weighted by atomic mass is 79.9. The molecule has 6 nitrogen and oxygen atoms in total. The van der Waals surface area contributed by atoms with Crippen LogP contribution in [0.25, 0.3) is 10.9 Å². The van der Waals surface area contributed by atoms with Crippen LogP contribution in [0, 0.1) is 0 Å². The molecule has 0 radical (unpaired) electrons. The lowest BCUT2D eigenvalue weighted by Crippen LogP contribution is -2.48. The van der Waals surface area contributed by atoms with Gasteiger partial charge in [-0.1, -0.05) is 15.9 Å². The molecule has 1 amide bonds. The first-order chi connectivity index (χ1) is 12.2. The minimum Gasteiger partial charge on any atom is -0.444 e. The van der Waals surface area contributed by atoms with E-state index in [2.05, 4.69) is 20.9 Å². The lowest BCUT2D eigenvalue weighted by Gasteiger charge is -2.38. The fraction of sp³-hybridized carbons (Fsp3) is 0.526. The smallest absolute Gasteiger partial charge is 0.410 e. The Morgan fingerprint density at radius 2 is 2.08 bits per heavy atom. The van der Waals surface area contributed by atoms with E-state index in [0.29, 0.717) is 30.3 Å². The second-order valence-corrected chi connectivity index (χ2v) is 8.74. The summed E-state index contributed by atoms with van der Waals surface area (Å²) in [6, 6.07) is 5.51. The largest absolute Gasteiger partial charge is 0.444 e. The lowest BCUT2D eigenvalue weighted by molar-refractivity contribution is 0.00770. The third kappa shape index (κ3) is 3.92. The van der Waals surface area contributed by atoms with Gasteiger partial charge in [0.2, 0.25) is 0 Å². The van der Waals surface area contributed by atoms with Crippen LogP contribution in [-0.2, 0) is 4.74 Å². The minimum absolute atomic E-state index is 0.00360. The highest BCUT2D eigenvalue weighted by Crippen LogP contribution is 2.28. The molecule has 0 unspecified atom stereocenters. The van der Waals surface area contributed by atoms with Gasteiger partial charge in [-0.2, -0.15) is 0 Å². The summed E-state index contributed by atoms with van der Waals surface area (Å²) in [5.41, 5.74) is 0.131. The highest BCUT2D eigenvalue weighted by Gasteiger charge is 2.32. The van der Waals surface area contributed by atoms with E-state index in [4.69, 9.17) is 4.74 Å². The zero-order chi connectivity index (χ0) is 19.1. The number of carbonyl (C=O) groups is 1. The number of piperidine rings is 1. The Morgan fingerprint density at radius 3 is 2.73 bits per heavy atom. The topological polar surface area (TPSA) is 64.4 Å². The molecule has 0 N–H and O–H groups in total. The molecule has 1 fully saturated rings. The molecule has 0 aliphatic carbocycles. The maximum Gasteiger partial charge on any atom is 0.410 e. The number of benzene rings is 1. The van der Waals surface area contributed by atoms with E-state index in [0.717, 1.165) is 4.47 Å². The number of rotatable bonds is 1. The van der Waals surface area contributed by atoms with Crippen LogP contribution < -0.4 is 5.56 Å². The van der Waals surface area contributed by atoms with E-state index < -0.39 is 5.60 Å². The normalized spacial score (nSPS) is 21.0. The average molecular weight is 422 g/mol. The molecular formula is C19H24BrN3O3. The second kappa shape index (κ2) is 7.02. The Labute approximate surface area is 161 Å². The summed E-state index contributed by atoms with van der Waals surface area (Å²) in [5, 5.41) is 0.609. The molecule has 7 heteroatoms. The fourth-order valence-corrected chi connectivity index (χ4v) is 3.71. The quantitative estimate of drug-likeness (QED) is 0.694. The van der Waals surface area contributed by atoms with Crippen molar-refractivity contribution in [3.05, 3.63) is 39.4 Å². The molecule has 2 heterocycles. The van der Waals surface area contributed by atoms with Gasteiger partial charge in [0.15, 0.2) is 0 Å². The summed E-state index contributed by atoms with van der Waals surface area (Å²) >= 11 is 3.40. The van der Waals surface area contributed by atoms with Crippen LogP contribution in [0.4, 0.5) is 4.79 Å². The molecular weight excluding hydrogens is 398 g/mol. The van der Waals surface area contributed by atoms with Crippen molar-refractivity contribution in [3.63, 3.8) is 0 Å². The lowest BCUT2D eigenvalue weighted by atomic mass is 9.98. The Kier molecular flexibility index (Phi) is 5.10. The molecule has 1 aliphatic rings. The number of nitrogens with zero attached hydrogens (tertiary/aromatic N) is 3. The van der Waals surface area contributed by atoms with Crippen molar-refractivity contribution >= 4 is 32.9 Å². The SMILES string of the molecule is C[C@@H]1C[C@H](n2cnc3cc(Br)ccc3c2=O)CCN1C(=O)OC(C)(C)C. The number of carbonyl (C=O) groups excluding carboxylic acids is 1. The number of amides is 1. The number of hydrogen-bond acceptors (Lipinski definition) is 4. The van der Waals surface area contributed by atoms with Gasteiger partial charge in [0.1, 0.15) is 5.60 Å². The van der Waals surface area contributed by atoms with Gasteiger partial charge in [0.05, 0.1) is 17.2 Å². The Bertz CT molecular complexity index is 888. The Morgan fingerprint density at radius 1 is 1.35 bits per heavy atom. The van der Waals surface area contributed by atoms with Gasteiger partial charge in [0.25, 0.3) is 5.56 Å². The first-order valence-corrected chi connectivity index (χ1v) is 9.61. The molecule has 2 atom stereocenters. The zero-order valence-corrected chi connectivity index (χ0v) is 17.1. The van der Waals surface area contributed by atoms with E-state index in [1.807, 2.05) is 39.8 Å². The van der Waals surface area contributed by atoms with Gasteiger partial charge in [0, 0.05) is 23.1 Å². The summed E-state index contributed by atoms with van der Waals surface area (Å²) in [6.45, 7) is 8.14. The predicted molar refractivity (Wildman–Crippen MR) is 104 cm³/mol. The van der Waals surface area contributed by atoms with Gasteiger partial charge in [-0.3, -0.25) is 9.36 Å². The van der Waals surface area contributed by atoms with Crippen LogP contribution in [0.1, 0.15) is 46.6 Å². The molecule has 1 saturated heterocycles. The third-order valence-electron chi connectivity index (χ3n) is 4.62. The zero-order valence-electron chi connectivity index (χ0n) is 15.5. The maximum absolute atomic E-state index is 12.9. The van der Waals surface area contributed by atoms with Gasteiger partial charge in [-0.15, -0.1) is 0 Å². The van der Waals surface area contributed by atoms with Crippen LogP contribution in [0.3, 0.4) is 0 Å². The van der Waals surface area contributed by atoms with E-state index in [-0.39, 0.29) is 23.7 Å². The van der Waals surface area contributed by atoms with Crippen molar-refractivity contribution in [3.8, 4) is 0 Å². The van der Waals surface area contributed by atoms with Crippen molar-refractivity contribution in [2.45, 2.75) is 58.2 Å². The molecule has 0 spiro atoms. The fourth-order valence-electron chi connectivity index (χ4n) is 3.36. The standard InChI is InChI=1S/C19H24BrN3O3/c1-12-9-14(7-8-22(12)18(25)26-19(2,3)4)23-11-21-16-10-13(20)5-6-15(16)17(23)24/h5-6,10-12,14H,7-9H2,1-4H3/t12-,14-/m1/s1. The molecule has 1 aromatic carbocycles. The van der Waals surface area contributed by atoms with Crippen LogP contribution >= 0.6 is 15.9 Å². The number of halogens is 1. The van der Waals surface area contributed by atoms with Gasteiger partial charge < -0.3 is 9.64 Å². The molecule has 140 valence electrons. The molecule has 0 bridgehead atoms. The molecule has 3 rings (SSSR count). The molecule has 26 heavy (non-hydrogen) atoms. The molecule has 1 aliphatic heterocycles. The monoisotopic (exact) mass is 421 g/mol. The van der Waals surface area contributed by atoms with Crippen molar-refractivity contribution in [2.75, 3.05) is 6.54 Å². The minimum atomic E-state index is -0.513. The summed E-state index contributed by atoms with van der Waals surface area (Å²) in [4.78, 5) is 31.4. The van der Waals surface area contributed by atoms with Crippen LogP contribution in [0.2, 0.25) is 0 Å². The summed E-state index contributed by atoms with van der Waals surface area (Å²) < 4.78 is 8.09. The van der Waals surface area contributed by atoms with E-state index in [1.165, 1.54) is 0 Å². The number of aromatic nitrogens is 2. The van der Waals surface area contributed by atoms with E-state index in [9.17, 15) is 9.59 Å². The van der Waals surface area contributed by atoms with Crippen LogP contribution in [-0.4, -0.2) is 38.7 Å². The maximum atomic E-state index is 12.9. The number of likely N-dealkylation sites (tertiary alicyclic amines) is 1. The Hall–Kier alpha value is -1.89. The van der Waals surface area contributed by atoms with E-state index in [1.54, 1.807) is 21.9 Å². The predicted octanol–water partition coefficient (Wildman–Crippen LogP) is 4.12. The van der Waals surface area contributed by atoms with Crippen LogP contribution in [0.5, 0.6) is 0 Å². The number of hydrogen-bond donors (Lipinski definition) is 0. The molecule has 0 saturated carbocycles. The van der Waals surface area contributed by atoms with Gasteiger partial charge in [-0.05, 0) is 58.7 Å². The number of ether oxygens (including phenoxy) is 1. The van der Waals surface area contributed by atoms with Crippen molar-refractivity contribution in [2.24, 2.45) is 0 Å². The summed E-state index contributed by atoms with van der Waals surface area (Å²) in [5.74, 6) is 0. The number of fused-ring (bicyclic) bond motifs is 1. The molecule has 2 aromatic rings. The summed E-state index contributed by atoms with van der Waals surface area (Å²) in [6.07, 6.45) is 2.73. The third-order valence-corrected chi connectivity index (χ3v) is 5.11. The molecule has 1 aromatic heterocycles. The van der Waals surface area contributed by atoms with Crippen molar-refractivity contribution in [1.29, 1.82) is 0 Å². The highest BCUT2D eigenvalue weighted by molar-refractivity contribution is 9.10.